The minimum Gasteiger partial charge on any atom is -0.378 e. The number of likely N-dealkylation sites (N-methyl/N-ethyl adjacent to an activating group) is 1. The molecule has 0 saturated carbocycles. The third-order valence-corrected chi connectivity index (χ3v) is 5.71. The first-order valence-electron chi connectivity index (χ1n) is 10.2. The van der Waals surface area contributed by atoms with E-state index < -0.39 is 0 Å². The summed E-state index contributed by atoms with van der Waals surface area (Å²) in [6.07, 6.45) is 4.04. The Balaban J connectivity index is 1.33. The zero-order valence-electron chi connectivity index (χ0n) is 16.9. The van der Waals surface area contributed by atoms with E-state index in [-0.39, 0.29) is 0 Å². The van der Waals surface area contributed by atoms with E-state index in [9.17, 15) is 0 Å². The Bertz CT molecular complexity index is 779. The van der Waals surface area contributed by atoms with Crippen LogP contribution in [0.15, 0.2) is 30.5 Å². The second kappa shape index (κ2) is 8.84. The average molecular weight is 383 g/mol. The lowest BCUT2D eigenvalue weighted by Gasteiger charge is -2.29. The summed E-state index contributed by atoms with van der Waals surface area (Å²) in [7, 11) is 2.15. The van der Waals surface area contributed by atoms with E-state index in [1.807, 2.05) is 12.3 Å². The lowest BCUT2D eigenvalue weighted by molar-refractivity contribution is 0.122. The van der Waals surface area contributed by atoms with Crippen molar-refractivity contribution in [1.82, 2.24) is 19.9 Å². The molecule has 0 spiro atoms. The summed E-state index contributed by atoms with van der Waals surface area (Å²) in [5.41, 5.74) is 2.28. The molecule has 2 aliphatic rings. The Hall–Kier alpha value is -2.25. The second-order valence-electron chi connectivity index (χ2n) is 7.69. The van der Waals surface area contributed by atoms with Crippen LogP contribution in [0, 0.1) is 6.92 Å². The first-order valence-corrected chi connectivity index (χ1v) is 10.2. The molecule has 0 bridgehead atoms. The summed E-state index contributed by atoms with van der Waals surface area (Å²) in [4.78, 5) is 21.0. The Morgan fingerprint density at radius 1 is 1.14 bits per heavy atom. The third-order valence-electron chi connectivity index (χ3n) is 5.71. The molecule has 0 amide bonds. The summed E-state index contributed by atoms with van der Waals surface area (Å²) < 4.78 is 5.44. The van der Waals surface area contributed by atoms with Crippen LogP contribution in [-0.4, -0.2) is 78.9 Å². The van der Waals surface area contributed by atoms with Crippen LogP contribution < -0.4 is 9.80 Å². The van der Waals surface area contributed by atoms with Gasteiger partial charge in [0.25, 0.3) is 0 Å². The van der Waals surface area contributed by atoms with E-state index >= 15 is 0 Å². The summed E-state index contributed by atoms with van der Waals surface area (Å²) in [6.45, 7) is 8.52. The van der Waals surface area contributed by atoms with Gasteiger partial charge in [0.15, 0.2) is 0 Å². The van der Waals surface area contributed by atoms with Crippen molar-refractivity contribution in [3.8, 4) is 0 Å². The second-order valence-corrected chi connectivity index (χ2v) is 7.69. The minimum absolute atomic E-state index is 0.484. The molecule has 1 unspecified atom stereocenters. The van der Waals surface area contributed by atoms with Crippen molar-refractivity contribution < 1.29 is 4.74 Å². The number of pyridine rings is 1. The number of ether oxygens (including phenoxy) is 1. The van der Waals surface area contributed by atoms with E-state index in [2.05, 4.69) is 56.8 Å². The van der Waals surface area contributed by atoms with Crippen LogP contribution in [0.25, 0.3) is 0 Å². The van der Waals surface area contributed by atoms with Crippen LogP contribution in [0.1, 0.15) is 17.8 Å². The van der Waals surface area contributed by atoms with Gasteiger partial charge in [-0.1, -0.05) is 6.07 Å². The standard InChI is InChI=1S/C21H30N6O/c1-17-4-3-5-18(23-17)7-10-26-11-8-19(16-26)25(2)20-6-9-22-21(24-20)27-12-14-28-15-13-27/h3-6,9,19H,7-8,10-16H2,1-2H3. The summed E-state index contributed by atoms with van der Waals surface area (Å²) in [5.74, 6) is 1.82. The molecule has 2 aromatic rings. The smallest absolute Gasteiger partial charge is 0.227 e. The monoisotopic (exact) mass is 382 g/mol. The number of aryl methyl sites for hydroxylation is 1. The van der Waals surface area contributed by atoms with Crippen molar-refractivity contribution in [1.29, 1.82) is 0 Å². The molecule has 4 rings (SSSR count). The van der Waals surface area contributed by atoms with Crippen LogP contribution in [-0.2, 0) is 11.2 Å². The number of likely N-dealkylation sites (tertiary alicyclic amines) is 1. The van der Waals surface area contributed by atoms with Gasteiger partial charge in [-0.25, -0.2) is 4.98 Å². The lowest BCUT2D eigenvalue weighted by atomic mass is 10.2. The van der Waals surface area contributed by atoms with Crippen molar-refractivity contribution >= 4 is 11.8 Å². The van der Waals surface area contributed by atoms with Gasteiger partial charge in [0.05, 0.1) is 13.2 Å². The van der Waals surface area contributed by atoms with Gasteiger partial charge in [-0.15, -0.1) is 0 Å². The molecule has 2 aliphatic heterocycles. The van der Waals surface area contributed by atoms with Crippen molar-refractivity contribution in [3.63, 3.8) is 0 Å². The van der Waals surface area contributed by atoms with Crippen LogP contribution in [0.2, 0.25) is 0 Å². The van der Waals surface area contributed by atoms with Gasteiger partial charge < -0.3 is 19.4 Å². The SMILES string of the molecule is Cc1cccc(CCN2CCC(N(C)c3ccnc(N4CCOCC4)n3)C2)n1. The Morgan fingerprint density at radius 3 is 2.82 bits per heavy atom. The Morgan fingerprint density at radius 2 is 2.00 bits per heavy atom. The Kier molecular flexibility index (Phi) is 6.02. The number of aromatic nitrogens is 3. The van der Waals surface area contributed by atoms with E-state index in [4.69, 9.17) is 9.72 Å². The molecule has 7 heteroatoms. The van der Waals surface area contributed by atoms with Crippen molar-refractivity contribution in [2.75, 3.05) is 62.8 Å². The number of hydrogen-bond donors (Lipinski definition) is 0. The van der Waals surface area contributed by atoms with Gasteiger partial charge in [-0.3, -0.25) is 4.98 Å². The topological polar surface area (TPSA) is 57.6 Å². The minimum atomic E-state index is 0.484. The summed E-state index contributed by atoms with van der Waals surface area (Å²) in [6, 6.07) is 8.78. The summed E-state index contributed by atoms with van der Waals surface area (Å²) in [5, 5.41) is 0. The molecule has 150 valence electrons. The highest BCUT2D eigenvalue weighted by Crippen LogP contribution is 2.22. The molecule has 0 radical (unpaired) electrons. The fourth-order valence-electron chi connectivity index (χ4n) is 3.98. The van der Waals surface area contributed by atoms with Gasteiger partial charge in [0.1, 0.15) is 5.82 Å². The molecule has 1 atom stereocenters. The first kappa shape index (κ1) is 19.1. The number of rotatable bonds is 6. The molecule has 4 heterocycles. The molecular weight excluding hydrogens is 352 g/mol. The third kappa shape index (κ3) is 4.59. The number of nitrogens with zero attached hydrogens (tertiary/aromatic N) is 6. The van der Waals surface area contributed by atoms with E-state index in [0.29, 0.717) is 6.04 Å². The zero-order chi connectivity index (χ0) is 19.3. The largest absolute Gasteiger partial charge is 0.378 e. The van der Waals surface area contributed by atoms with E-state index in [0.717, 1.165) is 76.2 Å². The zero-order valence-corrected chi connectivity index (χ0v) is 16.9. The van der Waals surface area contributed by atoms with Crippen LogP contribution in [0.5, 0.6) is 0 Å². The maximum Gasteiger partial charge on any atom is 0.227 e. The van der Waals surface area contributed by atoms with Crippen LogP contribution >= 0.6 is 0 Å². The van der Waals surface area contributed by atoms with Crippen molar-refractivity contribution in [2.24, 2.45) is 0 Å². The van der Waals surface area contributed by atoms with Gasteiger partial charge in [0.2, 0.25) is 5.95 Å². The van der Waals surface area contributed by atoms with Crippen LogP contribution in [0.3, 0.4) is 0 Å². The highest BCUT2D eigenvalue weighted by molar-refractivity contribution is 5.44. The summed E-state index contributed by atoms with van der Waals surface area (Å²) >= 11 is 0. The predicted molar refractivity (Wildman–Crippen MR) is 111 cm³/mol. The fourth-order valence-corrected chi connectivity index (χ4v) is 3.98. The van der Waals surface area contributed by atoms with Gasteiger partial charge in [-0.05, 0) is 31.5 Å². The first-order chi connectivity index (χ1) is 13.7. The molecule has 2 aromatic heterocycles. The van der Waals surface area contributed by atoms with Crippen molar-refractivity contribution in [2.45, 2.75) is 25.8 Å². The molecule has 0 aliphatic carbocycles. The number of morpholine rings is 1. The van der Waals surface area contributed by atoms with Gasteiger partial charge in [0, 0.05) is 69.8 Å². The molecule has 2 saturated heterocycles. The molecule has 7 nitrogen and oxygen atoms in total. The molecule has 0 N–H and O–H groups in total. The quantitative estimate of drug-likeness (QED) is 0.755. The van der Waals surface area contributed by atoms with Crippen molar-refractivity contribution in [3.05, 3.63) is 41.9 Å². The Labute approximate surface area is 167 Å². The molecule has 2 fully saturated rings. The highest BCUT2D eigenvalue weighted by Gasteiger charge is 2.27. The molecular formula is C21H30N6O. The highest BCUT2D eigenvalue weighted by atomic mass is 16.5. The van der Waals surface area contributed by atoms with E-state index in [1.165, 1.54) is 5.69 Å². The normalized spacial score (nSPS) is 20.5. The number of hydrogen-bond acceptors (Lipinski definition) is 7. The molecule has 0 aromatic carbocycles. The number of anilines is 2. The predicted octanol–water partition coefficient (Wildman–Crippen LogP) is 1.77. The maximum absolute atomic E-state index is 5.44. The van der Waals surface area contributed by atoms with Crippen LogP contribution in [0.4, 0.5) is 11.8 Å². The molecule has 28 heavy (non-hydrogen) atoms. The fraction of sp³-hybridized carbons (Fsp3) is 0.571. The lowest BCUT2D eigenvalue weighted by Crippen LogP contribution is -2.38. The van der Waals surface area contributed by atoms with Gasteiger partial charge >= 0.3 is 0 Å². The maximum atomic E-state index is 5.44. The van der Waals surface area contributed by atoms with E-state index in [1.54, 1.807) is 0 Å². The average Bonchev–Trinajstić information content (AvgIpc) is 3.22. The van der Waals surface area contributed by atoms with Gasteiger partial charge in [-0.2, -0.15) is 4.98 Å².